The maximum atomic E-state index is 12.3. The van der Waals surface area contributed by atoms with E-state index in [1.54, 1.807) is 12.1 Å². The van der Waals surface area contributed by atoms with E-state index in [0.29, 0.717) is 29.3 Å². The zero-order chi connectivity index (χ0) is 17.4. The fourth-order valence-corrected chi connectivity index (χ4v) is 2.15. The van der Waals surface area contributed by atoms with Gasteiger partial charge in [0.05, 0.1) is 19.9 Å². The SMILES string of the molecule is CCN[C@H](C)CNC(=O)c1cc(NC(C)=O)c(OC)c(OC)c1. The normalized spacial score (nSPS) is 11.5. The molecule has 0 saturated carbocycles. The lowest BCUT2D eigenvalue weighted by atomic mass is 10.1. The van der Waals surface area contributed by atoms with E-state index in [-0.39, 0.29) is 17.9 Å². The minimum absolute atomic E-state index is 0.166. The summed E-state index contributed by atoms with van der Waals surface area (Å²) < 4.78 is 10.5. The number of likely N-dealkylation sites (N-methyl/N-ethyl adjacent to an activating group) is 1. The second-order valence-corrected chi connectivity index (χ2v) is 5.11. The Morgan fingerprint density at radius 3 is 2.43 bits per heavy atom. The summed E-state index contributed by atoms with van der Waals surface area (Å²) in [6.45, 7) is 6.71. The molecule has 0 aliphatic rings. The van der Waals surface area contributed by atoms with Gasteiger partial charge in [-0.25, -0.2) is 0 Å². The molecule has 0 radical (unpaired) electrons. The lowest BCUT2D eigenvalue weighted by molar-refractivity contribution is -0.114. The maximum Gasteiger partial charge on any atom is 0.251 e. The van der Waals surface area contributed by atoms with E-state index in [2.05, 4.69) is 16.0 Å². The maximum absolute atomic E-state index is 12.3. The number of nitrogens with one attached hydrogen (secondary N) is 3. The first-order valence-electron chi connectivity index (χ1n) is 7.48. The van der Waals surface area contributed by atoms with Crippen LogP contribution in [0.1, 0.15) is 31.1 Å². The molecule has 1 aromatic rings. The van der Waals surface area contributed by atoms with Crippen LogP contribution < -0.4 is 25.4 Å². The number of amides is 2. The molecule has 0 aliphatic heterocycles. The molecule has 0 heterocycles. The van der Waals surface area contributed by atoms with Crippen LogP contribution in [0.2, 0.25) is 0 Å². The second-order valence-electron chi connectivity index (χ2n) is 5.11. The Morgan fingerprint density at radius 2 is 1.91 bits per heavy atom. The highest BCUT2D eigenvalue weighted by molar-refractivity contribution is 5.99. The van der Waals surface area contributed by atoms with Gasteiger partial charge >= 0.3 is 0 Å². The summed E-state index contributed by atoms with van der Waals surface area (Å²) in [6, 6.07) is 3.31. The van der Waals surface area contributed by atoms with E-state index in [1.807, 2.05) is 13.8 Å². The molecule has 1 rings (SSSR count). The number of carbonyl (C=O) groups excluding carboxylic acids is 2. The Labute approximate surface area is 136 Å². The summed E-state index contributed by atoms with van der Waals surface area (Å²) in [5.74, 6) is 0.245. The second kappa shape index (κ2) is 8.99. The van der Waals surface area contributed by atoms with Crippen LogP contribution in [-0.2, 0) is 4.79 Å². The first-order valence-corrected chi connectivity index (χ1v) is 7.48. The predicted molar refractivity (Wildman–Crippen MR) is 89.3 cm³/mol. The predicted octanol–water partition coefficient (Wildman–Crippen LogP) is 1.39. The number of benzene rings is 1. The third-order valence-electron chi connectivity index (χ3n) is 3.17. The molecule has 0 unspecified atom stereocenters. The molecule has 0 spiro atoms. The molecular weight excluding hydrogens is 298 g/mol. The third-order valence-corrected chi connectivity index (χ3v) is 3.17. The van der Waals surface area contributed by atoms with Gasteiger partial charge in [0, 0.05) is 25.1 Å². The molecule has 0 bridgehead atoms. The van der Waals surface area contributed by atoms with Gasteiger partial charge in [-0.3, -0.25) is 9.59 Å². The van der Waals surface area contributed by atoms with Crippen molar-refractivity contribution in [3.05, 3.63) is 17.7 Å². The molecule has 0 saturated heterocycles. The van der Waals surface area contributed by atoms with Gasteiger partial charge in [0.15, 0.2) is 11.5 Å². The van der Waals surface area contributed by atoms with E-state index in [1.165, 1.54) is 21.1 Å². The molecule has 7 heteroatoms. The van der Waals surface area contributed by atoms with Gasteiger partial charge < -0.3 is 25.4 Å². The van der Waals surface area contributed by atoms with Crippen molar-refractivity contribution in [2.45, 2.75) is 26.8 Å². The molecule has 23 heavy (non-hydrogen) atoms. The van der Waals surface area contributed by atoms with Crippen LogP contribution in [0.25, 0.3) is 0 Å². The summed E-state index contributed by atoms with van der Waals surface area (Å²) in [5.41, 5.74) is 0.777. The molecule has 0 aliphatic carbocycles. The number of ether oxygens (including phenoxy) is 2. The molecule has 3 N–H and O–H groups in total. The van der Waals surface area contributed by atoms with E-state index in [0.717, 1.165) is 6.54 Å². The zero-order valence-corrected chi connectivity index (χ0v) is 14.3. The topological polar surface area (TPSA) is 88.7 Å². The number of hydrogen-bond acceptors (Lipinski definition) is 5. The highest BCUT2D eigenvalue weighted by Gasteiger charge is 2.17. The van der Waals surface area contributed by atoms with Gasteiger partial charge in [0.2, 0.25) is 5.91 Å². The van der Waals surface area contributed by atoms with E-state index >= 15 is 0 Å². The van der Waals surface area contributed by atoms with Crippen molar-refractivity contribution in [2.75, 3.05) is 32.6 Å². The molecule has 128 valence electrons. The Morgan fingerprint density at radius 1 is 1.22 bits per heavy atom. The van der Waals surface area contributed by atoms with Crippen LogP contribution in [0.5, 0.6) is 11.5 Å². The number of anilines is 1. The van der Waals surface area contributed by atoms with Crippen molar-refractivity contribution in [1.82, 2.24) is 10.6 Å². The molecule has 2 amide bonds. The standard InChI is InChI=1S/C16H25N3O4/c1-6-17-10(2)9-18-16(21)12-7-13(19-11(3)20)15(23-5)14(8-12)22-4/h7-8,10,17H,6,9H2,1-5H3,(H,18,21)(H,19,20)/t10-/m1/s1. The van der Waals surface area contributed by atoms with Gasteiger partial charge in [-0.1, -0.05) is 6.92 Å². The average molecular weight is 323 g/mol. The average Bonchev–Trinajstić information content (AvgIpc) is 2.51. The summed E-state index contributed by atoms with van der Waals surface area (Å²) in [4.78, 5) is 23.6. The zero-order valence-electron chi connectivity index (χ0n) is 14.3. The minimum atomic E-state index is -0.260. The summed E-state index contributed by atoms with van der Waals surface area (Å²) in [5, 5.41) is 8.70. The fraction of sp³-hybridized carbons (Fsp3) is 0.500. The van der Waals surface area contributed by atoms with E-state index in [9.17, 15) is 9.59 Å². The third kappa shape index (κ3) is 5.45. The Kier molecular flexibility index (Phi) is 7.34. The largest absolute Gasteiger partial charge is 0.493 e. The van der Waals surface area contributed by atoms with Crippen LogP contribution in [0.3, 0.4) is 0 Å². The van der Waals surface area contributed by atoms with Crippen molar-refractivity contribution in [3.63, 3.8) is 0 Å². The number of rotatable bonds is 8. The van der Waals surface area contributed by atoms with Gasteiger partial charge in [-0.05, 0) is 25.6 Å². The van der Waals surface area contributed by atoms with E-state index < -0.39 is 0 Å². The van der Waals surface area contributed by atoms with Crippen molar-refractivity contribution in [2.24, 2.45) is 0 Å². The first kappa shape index (κ1) is 18.8. The summed E-state index contributed by atoms with van der Waals surface area (Å²) in [6.07, 6.45) is 0. The van der Waals surface area contributed by atoms with Crippen molar-refractivity contribution in [1.29, 1.82) is 0 Å². The van der Waals surface area contributed by atoms with Crippen molar-refractivity contribution < 1.29 is 19.1 Å². The highest BCUT2D eigenvalue weighted by atomic mass is 16.5. The molecule has 1 aromatic carbocycles. The lowest BCUT2D eigenvalue weighted by Crippen LogP contribution is -2.38. The quantitative estimate of drug-likeness (QED) is 0.673. The van der Waals surface area contributed by atoms with Crippen LogP contribution >= 0.6 is 0 Å². The van der Waals surface area contributed by atoms with Crippen LogP contribution in [0, 0.1) is 0 Å². The Balaban J connectivity index is 3.01. The van der Waals surface area contributed by atoms with Crippen LogP contribution in [0.4, 0.5) is 5.69 Å². The summed E-state index contributed by atoms with van der Waals surface area (Å²) >= 11 is 0. The minimum Gasteiger partial charge on any atom is -0.493 e. The molecule has 7 nitrogen and oxygen atoms in total. The number of hydrogen-bond donors (Lipinski definition) is 3. The lowest BCUT2D eigenvalue weighted by Gasteiger charge is -2.16. The van der Waals surface area contributed by atoms with Gasteiger partial charge in [0.1, 0.15) is 0 Å². The van der Waals surface area contributed by atoms with Crippen molar-refractivity contribution in [3.8, 4) is 11.5 Å². The molecular formula is C16H25N3O4. The first-order chi connectivity index (χ1) is 10.9. The van der Waals surface area contributed by atoms with E-state index in [4.69, 9.17) is 9.47 Å². The Hall–Kier alpha value is -2.28. The van der Waals surface area contributed by atoms with Gasteiger partial charge in [-0.15, -0.1) is 0 Å². The Bertz CT molecular complexity index is 561. The smallest absolute Gasteiger partial charge is 0.251 e. The summed E-state index contributed by atoms with van der Waals surface area (Å²) in [7, 11) is 2.95. The fourth-order valence-electron chi connectivity index (χ4n) is 2.15. The molecule has 0 fully saturated rings. The number of carbonyl (C=O) groups is 2. The van der Waals surface area contributed by atoms with Crippen LogP contribution in [-0.4, -0.2) is 45.2 Å². The molecule has 1 atom stereocenters. The number of methoxy groups -OCH3 is 2. The molecule has 0 aromatic heterocycles. The highest BCUT2D eigenvalue weighted by Crippen LogP contribution is 2.36. The monoisotopic (exact) mass is 323 g/mol. The van der Waals surface area contributed by atoms with Gasteiger partial charge in [0.25, 0.3) is 5.91 Å². The van der Waals surface area contributed by atoms with Gasteiger partial charge in [-0.2, -0.15) is 0 Å². The van der Waals surface area contributed by atoms with Crippen LogP contribution in [0.15, 0.2) is 12.1 Å². The van der Waals surface area contributed by atoms with Crippen molar-refractivity contribution >= 4 is 17.5 Å².